The fourth-order valence-electron chi connectivity index (χ4n) is 2.84. The van der Waals surface area contributed by atoms with Crippen LogP contribution in [0.25, 0.3) is 16.9 Å². The lowest BCUT2D eigenvalue weighted by molar-refractivity contribution is 0.902. The lowest BCUT2D eigenvalue weighted by atomic mass is 10.2. The van der Waals surface area contributed by atoms with Gasteiger partial charge in [-0.15, -0.1) is 5.10 Å². The summed E-state index contributed by atoms with van der Waals surface area (Å²) in [5.41, 5.74) is 9.49. The molecule has 0 aliphatic carbocycles. The Morgan fingerprint density at radius 1 is 1.10 bits per heavy atom. The van der Waals surface area contributed by atoms with E-state index in [9.17, 15) is 0 Å². The predicted octanol–water partition coefficient (Wildman–Crippen LogP) is 1.97. The van der Waals surface area contributed by atoms with Crippen LogP contribution in [-0.2, 0) is 0 Å². The summed E-state index contributed by atoms with van der Waals surface area (Å²) in [5, 5.41) is 4.39. The van der Waals surface area contributed by atoms with Crippen LogP contribution in [0.15, 0.2) is 36.8 Å². The number of nitrogen functional groups attached to an aromatic ring is 1. The number of hydrogen-bond donors (Lipinski definition) is 1. The quantitative estimate of drug-likeness (QED) is 0.777. The molecule has 0 atom stereocenters. The highest BCUT2D eigenvalue weighted by atomic mass is 15.3. The maximum absolute atomic E-state index is 6.06. The molecule has 0 saturated carbocycles. The highest BCUT2D eigenvalue weighted by molar-refractivity contribution is 5.84. The Labute approximate surface area is 122 Å². The Hall–Kier alpha value is -2.63. The van der Waals surface area contributed by atoms with E-state index in [-0.39, 0.29) is 0 Å². The van der Waals surface area contributed by atoms with Crippen molar-refractivity contribution in [2.24, 2.45) is 0 Å². The van der Waals surface area contributed by atoms with Gasteiger partial charge >= 0.3 is 0 Å². The minimum Gasteiger partial charge on any atom is -0.382 e. The van der Waals surface area contributed by atoms with Crippen molar-refractivity contribution in [3.8, 4) is 11.3 Å². The van der Waals surface area contributed by atoms with Gasteiger partial charge in [0.25, 0.3) is 0 Å². The lowest BCUT2D eigenvalue weighted by Gasteiger charge is -2.16. The molecule has 0 amide bonds. The third-order valence-electron chi connectivity index (χ3n) is 3.88. The molecule has 3 aromatic rings. The van der Waals surface area contributed by atoms with Crippen molar-refractivity contribution >= 4 is 17.2 Å². The summed E-state index contributed by atoms with van der Waals surface area (Å²) < 4.78 is 1.76. The molecular formula is C15H16N6. The smallest absolute Gasteiger partial charge is 0.166 e. The summed E-state index contributed by atoms with van der Waals surface area (Å²) in [4.78, 5) is 11.2. The molecule has 6 heteroatoms. The Balaban J connectivity index is 1.84. The largest absolute Gasteiger partial charge is 0.382 e. The second-order valence-corrected chi connectivity index (χ2v) is 5.25. The van der Waals surface area contributed by atoms with Gasteiger partial charge in [0.1, 0.15) is 0 Å². The van der Waals surface area contributed by atoms with Gasteiger partial charge < -0.3 is 10.6 Å². The van der Waals surface area contributed by atoms with E-state index < -0.39 is 0 Å². The number of nitrogens with two attached hydrogens (primary N) is 1. The molecule has 3 aromatic heterocycles. The number of fused-ring (bicyclic) bond motifs is 1. The van der Waals surface area contributed by atoms with Crippen LogP contribution in [0.3, 0.4) is 0 Å². The van der Waals surface area contributed by atoms with Gasteiger partial charge in [-0.3, -0.25) is 4.98 Å². The first kappa shape index (κ1) is 12.1. The predicted molar refractivity (Wildman–Crippen MR) is 82.1 cm³/mol. The van der Waals surface area contributed by atoms with Gasteiger partial charge in [-0.2, -0.15) is 0 Å². The third kappa shape index (κ3) is 1.99. The first-order valence-corrected chi connectivity index (χ1v) is 7.13. The zero-order valence-corrected chi connectivity index (χ0v) is 11.6. The molecule has 4 heterocycles. The van der Waals surface area contributed by atoms with Crippen LogP contribution in [0.4, 0.5) is 11.5 Å². The van der Waals surface area contributed by atoms with E-state index in [1.165, 1.54) is 12.8 Å². The van der Waals surface area contributed by atoms with E-state index in [0.717, 1.165) is 35.7 Å². The van der Waals surface area contributed by atoms with Crippen LogP contribution >= 0.6 is 0 Å². The minimum atomic E-state index is 0.458. The fourth-order valence-corrected chi connectivity index (χ4v) is 2.84. The summed E-state index contributed by atoms with van der Waals surface area (Å²) in [6.45, 7) is 2.16. The maximum Gasteiger partial charge on any atom is 0.166 e. The standard InChI is InChI=1S/C15H16N6/c16-14-13(12-5-1-2-6-17-12)15-18-9-11(10-21(15)19-14)20-7-3-4-8-20/h1-2,5-6,9-10H,3-4,7-8H2,(H2,16,19). The molecule has 4 rings (SSSR count). The monoisotopic (exact) mass is 280 g/mol. The van der Waals surface area contributed by atoms with E-state index in [0.29, 0.717) is 5.82 Å². The van der Waals surface area contributed by atoms with Crippen molar-refractivity contribution in [1.29, 1.82) is 0 Å². The summed E-state index contributed by atoms with van der Waals surface area (Å²) in [5.74, 6) is 0.458. The summed E-state index contributed by atoms with van der Waals surface area (Å²) in [6, 6.07) is 5.73. The Morgan fingerprint density at radius 3 is 2.71 bits per heavy atom. The molecule has 0 unspecified atom stereocenters. The number of anilines is 2. The number of rotatable bonds is 2. The van der Waals surface area contributed by atoms with E-state index in [1.807, 2.05) is 30.6 Å². The molecule has 1 aliphatic rings. The Kier molecular flexibility index (Phi) is 2.73. The molecule has 2 N–H and O–H groups in total. The van der Waals surface area contributed by atoms with Gasteiger partial charge in [0, 0.05) is 19.3 Å². The van der Waals surface area contributed by atoms with Gasteiger partial charge in [-0.05, 0) is 25.0 Å². The van der Waals surface area contributed by atoms with Crippen LogP contribution in [-0.4, -0.2) is 32.7 Å². The van der Waals surface area contributed by atoms with Gasteiger partial charge in [0.15, 0.2) is 11.5 Å². The van der Waals surface area contributed by atoms with Crippen molar-refractivity contribution in [3.05, 3.63) is 36.8 Å². The molecule has 1 aliphatic heterocycles. The molecule has 1 saturated heterocycles. The van der Waals surface area contributed by atoms with E-state index in [4.69, 9.17) is 5.73 Å². The summed E-state index contributed by atoms with van der Waals surface area (Å²) in [7, 11) is 0. The van der Waals surface area contributed by atoms with Crippen molar-refractivity contribution in [3.63, 3.8) is 0 Å². The highest BCUT2D eigenvalue weighted by Crippen LogP contribution is 2.29. The summed E-state index contributed by atoms with van der Waals surface area (Å²) >= 11 is 0. The fraction of sp³-hybridized carbons (Fsp3) is 0.267. The van der Waals surface area contributed by atoms with Crippen LogP contribution in [0.5, 0.6) is 0 Å². The normalized spacial score (nSPS) is 15.0. The number of hydrogen-bond acceptors (Lipinski definition) is 5. The number of aromatic nitrogens is 4. The van der Waals surface area contributed by atoms with Gasteiger partial charge in [0.05, 0.1) is 29.3 Å². The molecule has 1 fully saturated rings. The SMILES string of the molecule is Nc1nn2cc(N3CCCC3)cnc2c1-c1ccccn1. The first-order valence-electron chi connectivity index (χ1n) is 7.13. The molecule has 21 heavy (non-hydrogen) atoms. The molecule has 0 aromatic carbocycles. The van der Waals surface area contributed by atoms with Crippen LogP contribution < -0.4 is 10.6 Å². The van der Waals surface area contributed by atoms with E-state index >= 15 is 0 Å². The third-order valence-corrected chi connectivity index (χ3v) is 3.88. The average molecular weight is 280 g/mol. The van der Waals surface area contributed by atoms with E-state index in [2.05, 4.69) is 20.0 Å². The first-order chi connectivity index (χ1) is 10.3. The molecule has 6 nitrogen and oxygen atoms in total. The number of pyridine rings is 1. The lowest BCUT2D eigenvalue weighted by Crippen LogP contribution is -2.18. The molecular weight excluding hydrogens is 264 g/mol. The van der Waals surface area contributed by atoms with Crippen molar-refractivity contribution in [1.82, 2.24) is 19.6 Å². The number of nitrogens with zero attached hydrogens (tertiary/aromatic N) is 5. The molecule has 0 radical (unpaired) electrons. The molecule has 0 bridgehead atoms. The molecule has 106 valence electrons. The van der Waals surface area contributed by atoms with E-state index in [1.54, 1.807) is 10.7 Å². The maximum atomic E-state index is 6.06. The second-order valence-electron chi connectivity index (χ2n) is 5.25. The zero-order valence-electron chi connectivity index (χ0n) is 11.6. The Morgan fingerprint density at radius 2 is 1.95 bits per heavy atom. The van der Waals surface area contributed by atoms with Gasteiger partial charge in [-0.25, -0.2) is 9.50 Å². The van der Waals surface area contributed by atoms with Crippen molar-refractivity contribution < 1.29 is 0 Å². The second kappa shape index (κ2) is 4.73. The van der Waals surface area contributed by atoms with Crippen LogP contribution in [0.1, 0.15) is 12.8 Å². The van der Waals surface area contributed by atoms with Gasteiger partial charge in [-0.1, -0.05) is 6.07 Å². The minimum absolute atomic E-state index is 0.458. The highest BCUT2D eigenvalue weighted by Gasteiger charge is 2.17. The van der Waals surface area contributed by atoms with Crippen molar-refractivity contribution in [2.75, 3.05) is 23.7 Å². The van der Waals surface area contributed by atoms with Crippen LogP contribution in [0.2, 0.25) is 0 Å². The van der Waals surface area contributed by atoms with Crippen molar-refractivity contribution in [2.45, 2.75) is 12.8 Å². The summed E-state index contributed by atoms with van der Waals surface area (Å²) in [6.07, 6.45) is 8.11. The Bertz CT molecular complexity index is 773. The molecule has 0 spiro atoms. The van der Waals surface area contributed by atoms with Gasteiger partial charge in [0.2, 0.25) is 0 Å². The topological polar surface area (TPSA) is 72.3 Å². The average Bonchev–Trinajstić information content (AvgIpc) is 3.14. The zero-order chi connectivity index (χ0) is 14.2. The van der Waals surface area contributed by atoms with Crippen LogP contribution in [0, 0.1) is 0 Å².